The van der Waals surface area contributed by atoms with Crippen molar-refractivity contribution < 1.29 is 4.74 Å². The van der Waals surface area contributed by atoms with Crippen molar-refractivity contribution >= 4 is 11.6 Å². The molecule has 2 N–H and O–H groups in total. The fourth-order valence-corrected chi connectivity index (χ4v) is 1.64. The second kappa shape index (κ2) is 7.49. The normalized spacial score (nSPS) is 10.4. The Balaban J connectivity index is 2.41. The van der Waals surface area contributed by atoms with E-state index in [1.54, 1.807) is 7.11 Å². The van der Waals surface area contributed by atoms with E-state index in [1.807, 2.05) is 25.2 Å². The van der Waals surface area contributed by atoms with E-state index < -0.39 is 0 Å². The molecule has 0 radical (unpaired) electrons. The first-order chi connectivity index (χ1) is 7.77. The number of nitrogens with one attached hydrogen (secondary N) is 2. The number of rotatable bonds is 7. The molecule has 3 nitrogen and oxygen atoms in total. The zero-order valence-electron chi connectivity index (χ0n) is 9.85. The minimum absolute atomic E-state index is 0.704. The topological polar surface area (TPSA) is 33.3 Å². The summed E-state index contributed by atoms with van der Waals surface area (Å²) in [6, 6.07) is 5.72. The second-order valence-corrected chi connectivity index (χ2v) is 4.03. The Morgan fingerprint density at radius 1 is 1.31 bits per heavy atom. The molecule has 0 saturated carbocycles. The monoisotopic (exact) mass is 242 g/mol. The molecule has 1 aromatic carbocycles. The fourth-order valence-electron chi connectivity index (χ4n) is 1.48. The molecule has 0 aromatic heterocycles. The van der Waals surface area contributed by atoms with Gasteiger partial charge >= 0.3 is 0 Å². The lowest BCUT2D eigenvalue weighted by molar-refractivity contribution is 0.407. The molecule has 0 heterocycles. The maximum absolute atomic E-state index is 5.89. The highest BCUT2D eigenvalue weighted by Gasteiger charge is 2.02. The van der Waals surface area contributed by atoms with E-state index in [9.17, 15) is 0 Å². The molecule has 16 heavy (non-hydrogen) atoms. The number of methoxy groups -OCH3 is 1. The van der Waals surface area contributed by atoms with Crippen LogP contribution < -0.4 is 15.4 Å². The lowest BCUT2D eigenvalue weighted by atomic mass is 10.2. The van der Waals surface area contributed by atoms with Crippen LogP contribution in [-0.2, 0) is 6.54 Å². The number of hydrogen-bond acceptors (Lipinski definition) is 3. The second-order valence-electron chi connectivity index (χ2n) is 3.59. The third-order valence-electron chi connectivity index (χ3n) is 2.34. The third kappa shape index (κ3) is 4.39. The minimum atomic E-state index is 0.704. The highest BCUT2D eigenvalue weighted by molar-refractivity contribution is 6.30. The Morgan fingerprint density at radius 2 is 2.12 bits per heavy atom. The highest BCUT2D eigenvalue weighted by atomic mass is 35.5. The number of ether oxygens (including phenoxy) is 1. The molecule has 4 heteroatoms. The van der Waals surface area contributed by atoms with Crippen LogP contribution in [0.4, 0.5) is 0 Å². The predicted octanol–water partition coefficient (Wildman–Crippen LogP) is 2.05. The van der Waals surface area contributed by atoms with E-state index in [0.717, 1.165) is 37.4 Å². The minimum Gasteiger partial charge on any atom is -0.496 e. The van der Waals surface area contributed by atoms with Crippen LogP contribution in [0.3, 0.4) is 0 Å². The zero-order valence-corrected chi connectivity index (χ0v) is 10.6. The van der Waals surface area contributed by atoms with Gasteiger partial charge in [0.1, 0.15) is 5.75 Å². The first-order valence-electron chi connectivity index (χ1n) is 5.45. The van der Waals surface area contributed by atoms with Crippen molar-refractivity contribution in [2.24, 2.45) is 0 Å². The summed E-state index contributed by atoms with van der Waals surface area (Å²) in [6.45, 7) is 2.83. The van der Waals surface area contributed by atoms with E-state index in [4.69, 9.17) is 16.3 Å². The van der Waals surface area contributed by atoms with E-state index in [2.05, 4.69) is 10.6 Å². The molecule has 0 amide bonds. The third-order valence-corrected chi connectivity index (χ3v) is 2.58. The SMILES string of the molecule is CNCCCNCc1ccc(Cl)cc1OC. The van der Waals surface area contributed by atoms with Gasteiger partial charge in [0.05, 0.1) is 7.11 Å². The van der Waals surface area contributed by atoms with Gasteiger partial charge in [-0.05, 0) is 38.7 Å². The molecule has 0 saturated heterocycles. The van der Waals surface area contributed by atoms with E-state index in [-0.39, 0.29) is 0 Å². The van der Waals surface area contributed by atoms with Crippen LogP contribution in [0, 0.1) is 0 Å². The van der Waals surface area contributed by atoms with Crippen molar-refractivity contribution in [2.45, 2.75) is 13.0 Å². The summed E-state index contributed by atoms with van der Waals surface area (Å²) in [6.07, 6.45) is 1.12. The lowest BCUT2D eigenvalue weighted by Crippen LogP contribution is -2.19. The summed E-state index contributed by atoms with van der Waals surface area (Å²) in [5.41, 5.74) is 1.14. The Bertz CT molecular complexity index is 318. The largest absolute Gasteiger partial charge is 0.496 e. The van der Waals surface area contributed by atoms with Gasteiger partial charge < -0.3 is 15.4 Å². The fraction of sp³-hybridized carbons (Fsp3) is 0.500. The molecule has 1 aromatic rings. The Hall–Kier alpha value is -0.770. The molecule has 90 valence electrons. The summed E-state index contributed by atoms with van der Waals surface area (Å²) in [7, 11) is 3.62. The van der Waals surface area contributed by atoms with Gasteiger partial charge in [-0.25, -0.2) is 0 Å². The molecule has 0 fully saturated rings. The van der Waals surface area contributed by atoms with Gasteiger partial charge in [-0.1, -0.05) is 17.7 Å². The van der Waals surface area contributed by atoms with Crippen molar-refractivity contribution in [2.75, 3.05) is 27.2 Å². The van der Waals surface area contributed by atoms with Gasteiger partial charge in [-0.2, -0.15) is 0 Å². The molecule has 0 spiro atoms. The summed E-state index contributed by atoms with van der Waals surface area (Å²) < 4.78 is 5.27. The van der Waals surface area contributed by atoms with Crippen LogP contribution in [0.2, 0.25) is 5.02 Å². The van der Waals surface area contributed by atoms with Crippen molar-refractivity contribution in [1.29, 1.82) is 0 Å². The van der Waals surface area contributed by atoms with Gasteiger partial charge in [0.15, 0.2) is 0 Å². The van der Waals surface area contributed by atoms with E-state index >= 15 is 0 Å². The molecular weight excluding hydrogens is 224 g/mol. The molecule has 0 aliphatic carbocycles. The Morgan fingerprint density at radius 3 is 2.81 bits per heavy atom. The molecule has 0 unspecified atom stereocenters. The van der Waals surface area contributed by atoms with Crippen LogP contribution in [0.15, 0.2) is 18.2 Å². The lowest BCUT2D eigenvalue weighted by Gasteiger charge is -2.10. The average Bonchev–Trinajstić information content (AvgIpc) is 2.30. The summed E-state index contributed by atoms with van der Waals surface area (Å²) in [5, 5.41) is 7.19. The zero-order chi connectivity index (χ0) is 11.8. The summed E-state index contributed by atoms with van der Waals surface area (Å²) in [5.74, 6) is 0.841. The number of halogens is 1. The number of hydrogen-bond donors (Lipinski definition) is 2. The first-order valence-corrected chi connectivity index (χ1v) is 5.83. The van der Waals surface area contributed by atoms with Crippen LogP contribution in [0.1, 0.15) is 12.0 Å². The van der Waals surface area contributed by atoms with E-state index in [0.29, 0.717) is 5.02 Å². The molecule has 1 rings (SSSR count). The van der Waals surface area contributed by atoms with Gasteiger partial charge in [-0.3, -0.25) is 0 Å². The van der Waals surface area contributed by atoms with Crippen molar-refractivity contribution in [3.63, 3.8) is 0 Å². The van der Waals surface area contributed by atoms with Crippen LogP contribution >= 0.6 is 11.6 Å². The van der Waals surface area contributed by atoms with Gasteiger partial charge in [0.25, 0.3) is 0 Å². The predicted molar refractivity (Wildman–Crippen MR) is 68.3 cm³/mol. The molecular formula is C12H19ClN2O. The Kier molecular flexibility index (Phi) is 6.23. The average molecular weight is 243 g/mol. The number of benzene rings is 1. The standard InChI is InChI=1S/C12H19ClN2O/c1-14-6-3-7-15-9-10-4-5-11(13)8-12(10)16-2/h4-5,8,14-15H,3,6-7,9H2,1-2H3. The van der Waals surface area contributed by atoms with Gasteiger partial charge in [0.2, 0.25) is 0 Å². The van der Waals surface area contributed by atoms with Crippen LogP contribution in [0.25, 0.3) is 0 Å². The van der Waals surface area contributed by atoms with Gasteiger partial charge in [-0.15, -0.1) is 0 Å². The van der Waals surface area contributed by atoms with Crippen molar-refractivity contribution in [3.05, 3.63) is 28.8 Å². The van der Waals surface area contributed by atoms with Crippen molar-refractivity contribution in [1.82, 2.24) is 10.6 Å². The first kappa shape index (κ1) is 13.3. The van der Waals surface area contributed by atoms with Crippen LogP contribution in [-0.4, -0.2) is 27.2 Å². The summed E-state index contributed by atoms with van der Waals surface area (Å²) >= 11 is 5.89. The van der Waals surface area contributed by atoms with Crippen LogP contribution in [0.5, 0.6) is 5.75 Å². The summed E-state index contributed by atoms with van der Waals surface area (Å²) in [4.78, 5) is 0. The molecule has 0 aliphatic heterocycles. The smallest absolute Gasteiger partial charge is 0.124 e. The Labute approximate surface area is 102 Å². The maximum atomic E-state index is 5.89. The molecule has 0 bridgehead atoms. The molecule has 0 aliphatic rings. The van der Waals surface area contributed by atoms with Crippen molar-refractivity contribution in [3.8, 4) is 5.75 Å². The molecule has 0 atom stereocenters. The highest BCUT2D eigenvalue weighted by Crippen LogP contribution is 2.22. The maximum Gasteiger partial charge on any atom is 0.124 e. The van der Waals surface area contributed by atoms with Gasteiger partial charge in [0, 0.05) is 17.1 Å². The van der Waals surface area contributed by atoms with E-state index in [1.165, 1.54) is 0 Å². The quantitative estimate of drug-likeness (QED) is 0.718.